The molecule has 3 N–H and O–H groups in total. The molecular weight excluding hydrogens is 294 g/mol. The number of aromatic nitrogens is 1. The van der Waals surface area contributed by atoms with Gasteiger partial charge in [0.25, 0.3) is 0 Å². The fourth-order valence-corrected chi connectivity index (χ4v) is 3.03. The third-order valence-electron chi connectivity index (χ3n) is 3.00. The molecule has 0 aliphatic heterocycles. The predicted molar refractivity (Wildman–Crippen MR) is 79.7 cm³/mol. The molecule has 8 heteroatoms. The number of nitrogens with one attached hydrogen (secondary N) is 2. The first-order valence-corrected chi connectivity index (χ1v) is 8.31. The van der Waals surface area contributed by atoms with Crippen molar-refractivity contribution in [2.24, 2.45) is 0 Å². The summed E-state index contributed by atoms with van der Waals surface area (Å²) in [5.74, 6) is -0.464. The van der Waals surface area contributed by atoms with Crippen LogP contribution in [0.5, 0.6) is 0 Å². The van der Waals surface area contributed by atoms with E-state index in [0.717, 1.165) is 12.8 Å². The van der Waals surface area contributed by atoms with Crippen LogP contribution in [0, 0.1) is 0 Å². The first kappa shape index (κ1) is 17.4. The van der Waals surface area contributed by atoms with E-state index in [1.165, 1.54) is 18.3 Å². The summed E-state index contributed by atoms with van der Waals surface area (Å²) in [5.41, 5.74) is 0. The zero-order chi connectivity index (χ0) is 15.9. The summed E-state index contributed by atoms with van der Waals surface area (Å²) in [6.07, 6.45) is 2.67. The van der Waals surface area contributed by atoms with E-state index in [9.17, 15) is 13.2 Å². The van der Waals surface area contributed by atoms with Crippen molar-refractivity contribution in [1.82, 2.24) is 9.71 Å². The number of carbonyl (C=O) groups is 1. The van der Waals surface area contributed by atoms with Crippen molar-refractivity contribution in [3.63, 3.8) is 0 Å². The fourth-order valence-electron chi connectivity index (χ4n) is 1.68. The summed E-state index contributed by atoms with van der Waals surface area (Å²) in [5, 5.41) is 11.3. The molecule has 118 valence electrons. The van der Waals surface area contributed by atoms with E-state index in [1.54, 1.807) is 0 Å². The predicted octanol–water partition coefficient (Wildman–Crippen LogP) is 1.44. The Bertz CT molecular complexity index is 553. The van der Waals surface area contributed by atoms with Crippen molar-refractivity contribution in [3.05, 3.63) is 18.3 Å². The third kappa shape index (κ3) is 5.68. The SMILES string of the molecule is CCC(CC)NS(=O)(=O)c1ccc(NCCC(=O)O)nc1. The first-order valence-electron chi connectivity index (χ1n) is 6.83. The minimum atomic E-state index is -3.57. The monoisotopic (exact) mass is 315 g/mol. The quantitative estimate of drug-likeness (QED) is 0.636. The zero-order valence-electron chi connectivity index (χ0n) is 12.2. The summed E-state index contributed by atoms with van der Waals surface area (Å²) in [6.45, 7) is 4.08. The Kier molecular flexibility index (Phi) is 6.57. The molecule has 7 nitrogen and oxygen atoms in total. The van der Waals surface area contributed by atoms with E-state index >= 15 is 0 Å². The molecule has 1 heterocycles. The van der Waals surface area contributed by atoms with Crippen molar-refractivity contribution in [1.29, 1.82) is 0 Å². The number of sulfonamides is 1. The molecule has 0 saturated carbocycles. The molecule has 0 aromatic carbocycles. The molecule has 1 aromatic rings. The van der Waals surface area contributed by atoms with Gasteiger partial charge >= 0.3 is 5.97 Å². The largest absolute Gasteiger partial charge is 0.481 e. The van der Waals surface area contributed by atoms with E-state index in [-0.39, 0.29) is 23.9 Å². The Balaban J connectivity index is 2.70. The number of carboxylic acids is 1. The van der Waals surface area contributed by atoms with E-state index in [4.69, 9.17) is 5.11 Å². The molecule has 0 amide bonds. The average Bonchev–Trinajstić information content (AvgIpc) is 2.45. The summed E-state index contributed by atoms with van der Waals surface area (Å²) < 4.78 is 26.9. The normalized spacial score (nSPS) is 11.6. The molecule has 0 saturated heterocycles. The third-order valence-corrected chi connectivity index (χ3v) is 4.50. The Morgan fingerprint density at radius 2 is 2.00 bits per heavy atom. The topological polar surface area (TPSA) is 108 Å². The maximum atomic E-state index is 12.1. The molecule has 1 rings (SSSR count). The van der Waals surface area contributed by atoms with Crippen LogP contribution < -0.4 is 10.0 Å². The highest BCUT2D eigenvalue weighted by atomic mass is 32.2. The maximum Gasteiger partial charge on any atom is 0.305 e. The van der Waals surface area contributed by atoms with Crippen LogP contribution in [-0.4, -0.2) is 37.1 Å². The zero-order valence-corrected chi connectivity index (χ0v) is 13.0. The average molecular weight is 315 g/mol. The van der Waals surface area contributed by atoms with Crippen molar-refractivity contribution in [2.75, 3.05) is 11.9 Å². The smallest absolute Gasteiger partial charge is 0.305 e. The number of pyridine rings is 1. The summed E-state index contributed by atoms with van der Waals surface area (Å²) in [7, 11) is -3.57. The lowest BCUT2D eigenvalue weighted by Crippen LogP contribution is -2.33. The van der Waals surface area contributed by atoms with Crippen LogP contribution >= 0.6 is 0 Å². The molecular formula is C13H21N3O4S. The van der Waals surface area contributed by atoms with Gasteiger partial charge in [0.15, 0.2) is 0 Å². The standard InChI is InChI=1S/C13H21N3O4S/c1-3-10(4-2)16-21(19,20)11-5-6-12(15-9-11)14-8-7-13(17)18/h5-6,9-10,16H,3-4,7-8H2,1-2H3,(H,14,15)(H,17,18). The molecule has 0 spiro atoms. The highest BCUT2D eigenvalue weighted by molar-refractivity contribution is 7.89. The summed E-state index contributed by atoms with van der Waals surface area (Å²) in [4.78, 5) is 14.5. The number of hydrogen-bond donors (Lipinski definition) is 3. The number of anilines is 1. The van der Waals surface area contributed by atoms with Crippen molar-refractivity contribution < 1.29 is 18.3 Å². The van der Waals surface area contributed by atoms with E-state index in [0.29, 0.717) is 5.82 Å². The Hall–Kier alpha value is -1.67. The van der Waals surface area contributed by atoms with Gasteiger partial charge in [-0.15, -0.1) is 0 Å². The Labute approximate surface area is 124 Å². The van der Waals surface area contributed by atoms with E-state index < -0.39 is 16.0 Å². The van der Waals surface area contributed by atoms with Crippen LogP contribution in [0.2, 0.25) is 0 Å². The Morgan fingerprint density at radius 3 is 2.48 bits per heavy atom. The molecule has 0 unspecified atom stereocenters. The van der Waals surface area contributed by atoms with Crippen LogP contribution in [0.1, 0.15) is 33.1 Å². The van der Waals surface area contributed by atoms with Crippen LogP contribution in [0.3, 0.4) is 0 Å². The van der Waals surface area contributed by atoms with Crippen LogP contribution in [0.15, 0.2) is 23.2 Å². The highest BCUT2D eigenvalue weighted by Gasteiger charge is 2.18. The minimum absolute atomic E-state index is 0.0298. The van der Waals surface area contributed by atoms with Gasteiger partial charge in [-0.25, -0.2) is 18.1 Å². The van der Waals surface area contributed by atoms with Gasteiger partial charge in [-0.05, 0) is 25.0 Å². The number of nitrogens with zero attached hydrogens (tertiary/aromatic N) is 1. The Morgan fingerprint density at radius 1 is 1.33 bits per heavy atom. The van der Waals surface area contributed by atoms with Crippen LogP contribution in [0.25, 0.3) is 0 Å². The number of aliphatic carboxylic acids is 1. The van der Waals surface area contributed by atoms with Gasteiger partial charge in [-0.1, -0.05) is 13.8 Å². The van der Waals surface area contributed by atoms with Crippen LogP contribution in [0.4, 0.5) is 5.82 Å². The second kappa shape index (κ2) is 7.94. The first-order chi connectivity index (χ1) is 9.89. The van der Waals surface area contributed by atoms with Gasteiger partial charge in [-0.2, -0.15) is 0 Å². The van der Waals surface area contributed by atoms with Crippen LogP contribution in [-0.2, 0) is 14.8 Å². The van der Waals surface area contributed by atoms with Crippen molar-refractivity contribution in [2.45, 2.75) is 44.0 Å². The van der Waals surface area contributed by atoms with Gasteiger partial charge in [-0.3, -0.25) is 4.79 Å². The maximum absolute atomic E-state index is 12.1. The minimum Gasteiger partial charge on any atom is -0.481 e. The van der Waals surface area contributed by atoms with Gasteiger partial charge in [0.1, 0.15) is 10.7 Å². The molecule has 0 aliphatic carbocycles. The molecule has 0 atom stereocenters. The van der Waals surface area contributed by atoms with Crippen molar-refractivity contribution >= 4 is 21.8 Å². The molecule has 0 radical (unpaired) electrons. The van der Waals surface area contributed by atoms with Gasteiger partial charge in [0, 0.05) is 18.8 Å². The van der Waals surface area contributed by atoms with Gasteiger partial charge in [0.2, 0.25) is 10.0 Å². The van der Waals surface area contributed by atoms with Gasteiger partial charge in [0.05, 0.1) is 6.42 Å². The van der Waals surface area contributed by atoms with E-state index in [2.05, 4.69) is 15.0 Å². The van der Waals surface area contributed by atoms with Crippen molar-refractivity contribution in [3.8, 4) is 0 Å². The highest BCUT2D eigenvalue weighted by Crippen LogP contribution is 2.12. The number of rotatable bonds is 9. The molecule has 1 aromatic heterocycles. The molecule has 0 aliphatic rings. The summed E-state index contributed by atoms with van der Waals surface area (Å²) in [6, 6.07) is 2.87. The molecule has 0 bridgehead atoms. The van der Waals surface area contributed by atoms with Gasteiger partial charge < -0.3 is 10.4 Å². The van der Waals surface area contributed by atoms with E-state index in [1.807, 2.05) is 13.8 Å². The fraction of sp³-hybridized carbons (Fsp3) is 0.538. The second-order valence-electron chi connectivity index (χ2n) is 4.58. The lowest BCUT2D eigenvalue weighted by molar-refractivity contribution is -0.136. The molecule has 0 fully saturated rings. The molecule has 21 heavy (non-hydrogen) atoms. The number of carboxylic acid groups (broad SMARTS) is 1. The summed E-state index contributed by atoms with van der Waals surface area (Å²) >= 11 is 0. The second-order valence-corrected chi connectivity index (χ2v) is 6.30. The number of hydrogen-bond acceptors (Lipinski definition) is 5. The lowest BCUT2D eigenvalue weighted by Gasteiger charge is -2.15. The lowest BCUT2D eigenvalue weighted by atomic mass is 10.2.